The second kappa shape index (κ2) is 4.56. The number of alkyl halides is 2. The molecule has 1 rings (SSSR count). The molecule has 0 unspecified atom stereocenters. The molecular formula is C11H20F2O. The first-order chi connectivity index (χ1) is 6.47. The highest BCUT2D eigenvalue weighted by Gasteiger charge is 2.37. The molecule has 1 nitrogen and oxygen atoms in total. The molecule has 0 heterocycles. The second-order valence-electron chi connectivity index (χ2n) is 4.71. The number of halogens is 2. The van der Waals surface area contributed by atoms with Gasteiger partial charge in [-0.1, -0.05) is 6.42 Å². The van der Waals surface area contributed by atoms with Gasteiger partial charge in [-0.2, -0.15) is 0 Å². The summed E-state index contributed by atoms with van der Waals surface area (Å²) in [5, 5.41) is 0. The summed E-state index contributed by atoms with van der Waals surface area (Å²) in [6.45, 7) is 1.74. The molecule has 0 bridgehead atoms. The van der Waals surface area contributed by atoms with Crippen molar-refractivity contribution in [2.45, 2.75) is 51.4 Å². The predicted octanol–water partition coefficient (Wildman–Crippen LogP) is 3.63. The van der Waals surface area contributed by atoms with E-state index in [1.807, 2.05) is 0 Å². The van der Waals surface area contributed by atoms with Crippen LogP contribution < -0.4 is 0 Å². The average Bonchev–Trinajstić information content (AvgIpc) is 1.97. The summed E-state index contributed by atoms with van der Waals surface area (Å²) in [5.41, 5.74) is 0.236. The van der Waals surface area contributed by atoms with Gasteiger partial charge in [0.1, 0.15) is 0 Å². The molecule has 14 heavy (non-hydrogen) atoms. The van der Waals surface area contributed by atoms with Crippen LogP contribution in [0.25, 0.3) is 0 Å². The molecule has 0 radical (unpaired) electrons. The maximum Gasteiger partial charge on any atom is 0.245 e. The Morgan fingerprint density at radius 2 is 2.00 bits per heavy atom. The van der Waals surface area contributed by atoms with E-state index in [1.54, 1.807) is 7.11 Å². The lowest BCUT2D eigenvalue weighted by Gasteiger charge is -2.41. The first kappa shape index (κ1) is 11.9. The van der Waals surface area contributed by atoms with Crippen LogP contribution in [-0.2, 0) is 4.74 Å². The van der Waals surface area contributed by atoms with Crippen LogP contribution in [-0.4, -0.2) is 19.6 Å². The maximum absolute atomic E-state index is 12.6. The Morgan fingerprint density at radius 3 is 2.36 bits per heavy atom. The molecule has 84 valence electrons. The standard InChI is InChI=1S/C11H20F2O/c1-10(12,13)5-3-6-11(9-14-2)7-4-8-11/h3-9H2,1-2H3. The van der Waals surface area contributed by atoms with Crippen LogP contribution in [0.4, 0.5) is 8.78 Å². The fourth-order valence-corrected chi connectivity index (χ4v) is 2.22. The van der Waals surface area contributed by atoms with E-state index < -0.39 is 5.92 Å². The van der Waals surface area contributed by atoms with Crippen molar-refractivity contribution in [2.75, 3.05) is 13.7 Å². The van der Waals surface area contributed by atoms with Crippen LogP contribution in [0.1, 0.15) is 45.4 Å². The van der Waals surface area contributed by atoms with Gasteiger partial charge in [0.05, 0.1) is 6.61 Å². The molecule has 0 N–H and O–H groups in total. The zero-order chi connectivity index (χ0) is 10.7. The molecule has 0 aliphatic heterocycles. The lowest BCUT2D eigenvalue weighted by molar-refractivity contribution is -0.0153. The van der Waals surface area contributed by atoms with Gasteiger partial charge in [0.15, 0.2) is 0 Å². The summed E-state index contributed by atoms with van der Waals surface area (Å²) >= 11 is 0. The van der Waals surface area contributed by atoms with Crippen LogP contribution in [0.2, 0.25) is 0 Å². The summed E-state index contributed by atoms with van der Waals surface area (Å²) in [4.78, 5) is 0. The number of hydrogen-bond acceptors (Lipinski definition) is 1. The molecule has 0 aromatic heterocycles. The molecule has 3 heteroatoms. The Morgan fingerprint density at radius 1 is 1.36 bits per heavy atom. The highest BCUT2D eigenvalue weighted by atomic mass is 19.3. The average molecular weight is 206 g/mol. The minimum atomic E-state index is -2.50. The molecule has 0 saturated heterocycles. The zero-order valence-electron chi connectivity index (χ0n) is 9.11. The number of rotatable bonds is 6. The fraction of sp³-hybridized carbons (Fsp3) is 1.00. The van der Waals surface area contributed by atoms with Gasteiger partial charge >= 0.3 is 0 Å². The van der Waals surface area contributed by atoms with E-state index >= 15 is 0 Å². The van der Waals surface area contributed by atoms with Crippen molar-refractivity contribution < 1.29 is 13.5 Å². The number of methoxy groups -OCH3 is 1. The van der Waals surface area contributed by atoms with E-state index in [4.69, 9.17) is 4.74 Å². The van der Waals surface area contributed by atoms with Crippen LogP contribution in [0, 0.1) is 5.41 Å². The predicted molar refractivity (Wildman–Crippen MR) is 52.6 cm³/mol. The van der Waals surface area contributed by atoms with Crippen molar-refractivity contribution in [2.24, 2.45) is 5.41 Å². The van der Waals surface area contributed by atoms with E-state index in [1.165, 1.54) is 6.42 Å². The second-order valence-corrected chi connectivity index (χ2v) is 4.71. The van der Waals surface area contributed by atoms with E-state index in [9.17, 15) is 8.78 Å². The van der Waals surface area contributed by atoms with Gasteiger partial charge in [0.25, 0.3) is 0 Å². The maximum atomic E-state index is 12.6. The Bertz CT molecular complexity index is 171. The van der Waals surface area contributed by atoms with Crippen LogP contribution in [0.3, 0.4) is 0 Å². The third-order valence-electron chi connectivity index (χ3n) is 3.19. The van der Waals surface area contributed by atoms with E-state index in [0.29, 0.717) is 6.42 Å². The van der Waals surface area contributed by atoms with Crippen molar-refractivity contribution in [3.8, 4) is 0 Å². The van der Waals surface area contributed by atoms with Gasteiger partial charge in [-0.15, -0.1) is 0 Å². The molecule has 0 amide bonds. The largest absolute Gasteiger partial charge is 0.384 e. The van der Waals surface area contributed by atoms with Crippen LogP contribution in [0.15, 0.2) is 0 Å². The zero-order valence-corrected chi connectivity index (χ0v) is 9.11. The third kappa shape index (κ3) is 3.52. The minimum absolute atomic E-state index is 0.0124. The Kier molecular flexibility index (Phi) is 3.87. The molecule has 0 atom stereocenters. The van der Waals surface area contributed by atoms with Crippen molar-refractivity contribution >= 4 is 0 Å². The normalized spacial score (nSPS) is 20.6. The first-order valence-corrected chi connectivity index (χ1v) is 5.34. The molecule has 1 fully saturated rings. The molecular weight excluding hydrogens is 186 g/mol. The van der Waals surface area contributed by atoms with Gasteiger partial charge in [0, 0.05) is 13.5 Å². The van der Waals surface area contributed by atoms with Gasteiger partial charge in [0.2, 0.25) is 5.92 Å². The summed E-state index contributed by atoms with van der Waals surface area (Å²) in [6.07, 6.45) is 5.05. The highest BCUT2D eigenvalue weighted by Crippen LogP contribution is 2.45. The monoisotopic (exact) mass is 206 g/mol. The van der Waals surface area contributed by atoms with Gasteiger partial charge < -0.3 is 4.74 Å². The summed E-state index contributed by atoms with van der Waals surface area (Å²) < 4.78 is 30.3. The SMILES string of the molecule is COCC1(CCCC(C)(F)F)CCC1. The molecule has 0 spiro atoms. The Labute approximate surface area is 84.8 Å². The topological polar surface area (TPSA) is 9.23 Å². The van der Waals surface area contributed by atoms with Crippen molar-refractivity contribution in [1.82, 2.24) is 0 Å². The van der Waals surface area contributed by atoms with E-state index in [0.717, 1.165) is 32.8 Å². The smallest absolute Gasteiger partial charge is 0.245 e. The summed E-state index contributed by atoms with van der Waals surface area (Å²) in [5.74, 6) is -2.50. The van der Waals surface area contributed by atoms with E-state index in [2.05, 4.69) is 0 Å². The first-order valence-electron chi connectivity index (χ1n) is 5.34. The van der Waals surface area contributed by atoms with Gasteiger partial charge in [-0.05, 0) is 38.0 Å². The number of ether oxygens (including phenoxy) is 1. The molecule has 0 aromatic rings. The van der Waals surface area contributed by atoms with Crippen LogP contribution in [0.5, 0.6) is 0 Å². The minimum Gasteiger partial charge on any atom is -0.384 e. The molecule has 0 aromatic carbocycles. The molecule has 1 saturated carbocycles. The van der Waals surface area contributed by atoms with Crippen LogP contribution >= 0.6 is 0 Å². The quantitative estimate of drug-likeness (QED) is 0.644. The van der Waals surface area contributed by atoms with Crippen molar-refractivity contribution in [3.63, 3.8) is 0 Å². The third-order valence-corrected chi connectivity index (χ3v) is 3.19. The summed E-state index contributed by atoms with van der Waals surface area (Å²) in [7, 11) is 1.69. The van der Waals surface area contributed by atoms with Crippen molar-refractivity contribution in [1.29, 1.82) is 0 Å². The molecule has 1 aliphatic carbocycles. The number of hydrogen-bond donors (Lipinski definition) is 0. The van der Waals surface area contributed by atoms with Gasteiger partial charge in [-0.3, -0.25) is 0 Å². The lowest BCUT2D eigenvalue weighted by Crippen LogP contribution is -2.34. The Hall–Kier alpha value is -0.180. The van der Waals surface area contributed by atoms with Crippen molar-refractivity contribution in [3.05, 3.63) is 0 Å². The van der Waals surface area contributed by atoms with Gasteiger partial charge in [-0.25, -0.2) is 8.78 Å². The Balaban J connectivity index is 2.21. The molecule has 1 aliphatic rings. The lowest BCUT2D eigenvalue weighted by atomic mass is 9.66. The fourth-order valence-electron chi connectivity index (χ4n) is 2.22. The summed E-state index contributed by atoms with van der Waals surface area (Å²) in [6, 6.07) is 0. The highest BCUT2D eigenvalue weighted by molar-refractivity contribution is 4.87. The van der Waals surface area contributed by atoms with E-state index in [-0.39, 0.29) is 11.8 Å².